The molecule has 1 aliphatic rings. The molecule has 0 aliphatic carbocycles. The van der Waals surface area contributed by atoms with Gasteiger partial charge in [0.25, 0.3) is 0 Å². The van der Waals surface area contributed by atoms with E-state index in [1.165, 1.54) is 13.0 Å². The van der Waals surface area contributed by atoms with Crippen LogP contribution in [-0.4, -0.2) is 82.5 Å². The minimum atomic E-state index is -3.97. The number of carbonyl (C=O) groups excluding carboxylic acids is 2. The Kier molecular flexibility index (Phi) is 8.08. The molecule has 1 heterocycles. The largest absolute Gasteiger partial charge is 0.360 e. The van der Waals surface area contributed by atoms with Gasteiger partial charge in [-0.2, -0.15) is 4.31 Å². The summed E-state index contributed by atoms with van der Waals surface area (Å²) in [4.78, 5) is 25.6. The van der Waals surface area contributed by atoms with E-state index in [-0.39, 0.29) is 23.5 Å². The summed E-state index contributed by atoms with van der Waals surface area (Å²) in [6.45, 7) is 2.73. The van der Waals surface area contributed by atoms with Crippen LogP contribution >= 0.6 is 0 Å². The molecule has 2 rings (SSSR count). The molecule has 0 saturated carbocycles. The van der Waals surface area contributed by atoms with Gasteiger partial charge in [0.05, 0.1) is 18.0 Å². The van der Waals surface area contributed by atoms with Crippen LogP contribution in [0.4, 0.5) is 4.39 Å². The molecular weight excluding hydrogens is 403 g/mol. The fourth-order valence-corrected chi connectivity index (χ4v) is 4.64. The van der Waals surface area contributed by atoms with Crippen molar-refractivity contribution in [1.82, 2.24) is 19.8 Å². The fourth-order valence-electron chi connectivity index (χ4n) is 2.86. The molecule has 11 heteroatoms. The Morgan fingerprint density at radius 2 is 1.97 bits per heavy atom. The first-order valence-electron chi connectivity index (χ1n) is 9.23. The van der Waals surface area contributed by atoms with E-state index in [1.54, 1.807) is 0 Å². The highest BCUT2D eigenvalue weighted by Crippen LogP contribution is 2.25. The Morgan fingerprint density at radius 1 is 1.28 bits per heavy atom. The molecule has 162 valence electrons. The van der Waals surface area contributed by atoms with Crippen LogP contribution in [0.15, 0.2) is 23.1 Å². The van der Waals surface area contributed by atoms with Gasteiger partial charge in [0, 0.05) is 19.6 Å². The lowest BCUT2D eigenvalue weighted by molar-refractivity contribution is -0.140. The SMILES string of the molecule is Cc1cc(F)ccc1S(=O)(=O)N1CCCO[C@H]1CNC(=O)C(=O)NCCN(C)C. The molecule has 0 radical (unpaired) electrons. The average Bonchev–Trinajstić information content (AvgIpc) is 2.65. The summed E-state index contributed by atoms with van der Waals surface area (Å²) >= 11 is 0. The first-order valence-corrected chi connectivity index (χ1v) is 10.7. The van der Waals surface area contributed by atoms with Crippen molar-refractivity contribution in [2.75, 3.05) is 46.9 Å². The van der Waals surface area contributed by atoms with E-state index in [0.29, 0.717) is 26.1 Å². The number of halogens is 1. The average molecular weight is 431 g/mol. The molecule has 0 unspecified atom stereocenters. The molecule has 0 spiro atoms. The molecule has 1 aromatic rings. The van der Waals surface area contributed by atoms with E-state index < -0.39 is 33.9 Å². The highest BCUT2D eigenvalue weighted by molar-refractivity contribution is 7.89. The first-order chi connectivity index (χ1) is 13.6. The Hall–Kier alpha value is -2.08. The molecule has 2 N–H and O–H groups in total. The Labute approximate surface area is 170 Å². The fraction of sp³-hybridized carbons (Fsp3) is 0.556. The number of likely N-dealkylation sites (N-methyl/N-ethyl adjacent to an activating group) is 1. The van der Waals surface area contributed by atoms with Crippen molar-refractivity contribution >= 4 is 21.8 Å². The number of ether oxygens (including phenoxy) is 1. The van der Waals surface area contributed by atoms with Crippen molar-refractivity contribution in [3.8, 4) is 0 Å². The summed E-state index contributed by atoms with van der Waals surface area (Å²) in [5.41, 5.74) is 0.277. The predicted molar refractivity (Wildman–Crippen MR) is 104 cm³/mol. The number of sulfonamides is 1. The zero-order valence-corrected chi connectivity index (χ0v) is 17.6. The predicted octanol–water partition coefficient (Wildman–Crippen LogP) is -0.335. The quantitative estimate of drug-likeness (QED) is 0.574. The van der Waals surface area contributed by atoms with E-state index in [9.17, 15) is 22.4 Å². The third-order valence-corrected chi connectivity index (χ3v) is 6.41. The molecule has 1 fully saturated rings. The van der Waals surface area contributed by atoms with Crippen LogP contribution in [0.1, 0.15) is 12.0 Å². The van der Waals surface area contributed by atoms with Crippen LogP contribution in [0.2, 0.25) is 0 Å². The zero-order chi connectivity index (χ0) is 21.6. The molecule has 29 heavy (non-hydrogen) atoms. The number of nitrogens with one attached hydrogen (secondary N) is 2. The third-order valence-electron chi connectivity index (χ3n) is 4.37. The molecule has 9 nitrogen and oxygen atoms in total. The van der Waals surface area contributed by atoms with Gasteiger partial charge in [-0.3, -0.25) is 9.59 Å². The minimum Gasteiger partial charge on any atom is -0.360 e. The Morgan fingerprint density at radius 3 is 2.62 bits per heavy atom. The van der Waals surface area contributed by atoms with Crippen molar-refractivity contribution in [3.05, 3.63) is 29.6 Å². The van der Waals surface area contributed by atoms with Crippen LogP contribution in [0.5, 0.6) is 0 Å². The van der Waals surface area contributed by atoms with Gasteiger partial charge in [-0.25, -0.2) is 12.8 Å². The molecule has 2 amide bonds. The van der Waals surface area contributed by atoms with Crippen molar-refractivity contribution in [3.63, 3.8) is 0 Å². The lowest BCUT2D eigenvalue weighted by atomic mass is 10.2. The molecule has 1 aromatic carbocycles. The number of aryl methyl sites for hydroxylation is 1. The molecule has 1 aliphatic heterocycles. The lowest BCUT2D eigenvalue weighted by Crippen LogP contribution is -2.53. The second-order valence-corrected chi connectivity index (χ2v) is 8.83. The van der Waals surface area contributed by atoms with Crippen molar-refractivity contribution in [2.24, 2.45) is 0 Å². The maximum absolute atomic E-state index is 13.4. The highest BCUT2D eigenvalue weighted by Gasteiger charge is 2.35. The van der Waals surface area contributed by atoms with Gasteiger partial charge < -0.3 is 20.3 Å². The maximum Gasteiger partial charge on any atom is 0.309 e. The van der Waals surface area contributed by atoms with Gasteiger partial charge in [-0.05, 0) is 51.2 Å². The number of rotatable bonds is 7. The maximum atomic E-state index is 13.4. The van der Waals surface area contributed by atoms with Gasteiger partial charge in [-0.15, -0.1) is 0 Å². The zero-order valence-electron chi connectivity index (χ0n) is 16.8. The van der Waals surface area contributed by atoms with E-state index in [4.69, 9.17) is 4.74 Å². The van der Waals surface area contributed by atoms with Crippen LogP contribution in [0, 0.1) is 12.7 Å². The number of amides is 2. The van der Waals surface area contributed by atoms with Crippen LogP contribution in [0.25, 0.3) is 0 Å². The monoisotopic (exact) mass is 430 g/mol. The summed E-state index contributed by atoms with van der Waals surface area (Å²) in [5, 5.41) is 4.89. The smallest absolute Gasteiger partial charge is 0.309 e. The van der Waals surface area contributed by atoms with Crippen molar-refractivity contribution in [1.29, 1.82) is 0 Å². The lowest BCUT2D eigenvalue weighted by Gasteiger charge is -2.34. The first kappa shape index (κ1) is 23.2. The van der Waals surface area contributed by atoms with Gasteiger partial charge in [0.2, 0.25) is 10.0 Å². The molecule has 1 saturated heterocycles. The third kappa shape index (κ3) is 6.20. The molecule has 0 aromatic heterocycles. The van der Waals surface area contributed by atoms with Gasteiger partial charge >= 0.3 is 11.8 Å². The summed E-state index contributed by atoms with van der Waals surface area (Å²) < 4.78 is 46.1. The Bertz CT molecular complexity index is 847. The van der Waals surface area contributed by atoms with E-state index in [1.807, 2.05) is 19.0 Å². The van der Waals surface area contributed by atoms with Crippen molar-refractivity contribution in [2.45, 2.75) is 24.5 Å². The van der Waals surface area contributed by atoms with E-state index >= 15 is 0 Å². The van der Waals surface area contributed by atoms with Gasteiger partial charge in [-0.1, -0.05) is 0 Å². The minimum absolute atomic E-state index is 0.0258. The summed E-state index contributed by atoms with van der Waals surface area (Å²) in [7, 11) is -0.291. The van der Waals surface area contributed by atoms with E-state index in [2.05, 4.69) is 10.6 Å². The summed E-state index contributed by atoms with van der Waals surface area (Å²) in [5.74, 6) is -2.19. The molecular formula is C18H27FN4O5S. The van der Waals surface area contributed by atoms with Crippen LogP contribution in [-0.2, 0) is 24.3 Å². The number of nitrogens with zero attached hydrogens (tertiary/aromatic N) is 2. The van der Waals surface area contributed by atoms with Crippen LogP contribution < -0.4 is 10.6 Å². The topological polar surface area (TPSA) is 108 Å². The number of hydrogen-bond donors (Lipinski definition) is 2. The highest BCUT2D eigenvalue weighted by atomic mass is 32.2. The Balaban J connectivity index is 2.04. The van der Waals surface area contributed by atoms with Crippen LogP contribution in [0.3, 0.4) is 0 Å². The van der Waals surface area contributed by atoms with E-state index in [0.717, 1.165) is 16.4 Å². The molecule has 0 bridgehead atoms. The molecule has 1 atom stereocenters. The number of carbonyl (C=O) groups is 2. The number of hydrogen-bond acceptors (Lipinski definition) is 6. The standard InChI is InChI=1S/C18H27FN4O5S/c1-13-11-14(19)5-6-15(13)29(26,27)23-8-4-10-28-16(23)12-21-18(25)17(24)20-7-9-22(2)3/h5-6,11,16H,4,7-10,12H2,1-3H3,(H,20,24)(H,21,25)/t16-/m0/s1. The van der Waals surface area contributed by atoms with Gasteiger partial charge in [0.1, 0.15) is 12.0 Å². The second kappa shape index (κ2) is 10.1. The van der Waals surface area contributed by atoms with Crippen molar-refractivity contribution < 1.29 is 27.1 Å². The second-order valence-electron chi connectivity index (χ2n) is 6.97. The normalized spacial score (nSPS) is 17.9. The van der Waals surface area contributed by atoms with Gasteiger partial charge in [0.15, 0.2) is 0 Å². The summed E-state index contributed by atoms with van der Waals surface area (Å²) in [6, 6.07) is 3.44. The number of benzene rings is 1. The summed E-state index contributed by atoms with van der Waals surface area (Å²) in [6.07, 6.45) is -0.480.